The molecule has 2 aromatic rings. The van der Waals surface area contributed by atoms with Crippen LogP contribution in [0.3, 0.4) is 0 Å². The van der Waals surface area contributed by atoms with E-state index in [4.69, 9.17) is 0 Å². The SMILES string of the molecule is Cc1cccc(C(=O)NC2CCN(c3ccccc3C(=O)NC(C)C(C)C)CC2)c1. The number of carbonyl (C=O) groups excluding carboxylic acids is 2. The molecule has 3 rings (SSSR count). The first-order valence-electron chi connectivity index (χ1n) is 10.9. The highest BCUT2D eigenvalue weighted by Crippen LogP contribution is 2.25. The quantitative estimate of drug-likeness (QED) is 0.756. The summed E-state index contributed by atoms with van der Waals surface area (Å²) in [5.41, 5.74) is 3.47. The second kappa shape index (κ2) is 9.79. The van der Waals surface area contributed by atoms with E-state index < -0.39 is 0 Å². The van der Waals surface area contributed by atoms with Crippen molar-refractivity contribution in [1.82, 2.24) is 10.6 Å². The van der Waals surface area contributed by atoms with Crippen LogP contribution in [0.25, 0.3) is 0 Å². The summed E-state index contributed by atoms with van der Waals surface area (Å²) in [7, 11) is 0. The Morgan fingerprint density at radius 3 is 2.33 bits per heavy atom. The van der Waals surface area contributed by atoms with E-state index in [0.29, 0.717) is 17.0 Å². The lowest BCUT2D eigenvalue weighted by molar-refractivity contribution is 0.0925. The number of piperidine rings is 1. The van der Waals surface area contributed by atoms with Crippen molar-refractivity contribution in [2.24, 2.45) is 5.92 Å². The van der Waals surface area contributed by atoms with Gasteiger partial charge in [0.1, 0.15) is 0 Å². The number of nitrogens with one attached hydrogen (secondary N) is 2. The van der Waals surface area contributed by atoms with E-state index in [-0.39, 0.29) is 23.9 Å². The molecule has 0 saturated carbocycles. The number of nitrogens with zero attached hydrogens (tertiary/aromatic N) is 1. The molecular weight excluding hydrogens is 374 g/mol. The number of benzene rings is 2. The van der Waals surface area contributed by atoms with E-state index in [1.54, 1.807) is 0 Å². The number of anilines is 1. The largest absolute Gasteiger partial charge is 0.371 e. The lowest BCUT2D eigenvalue weighted by atomic mass is 10.0. The molecule has 0 aromatic heterocycles. The first-order valence-corrected chi connectivity index (χ1v) is 10.9. The maximum Gasteiger partial charge on any atom is 0.253 e. The lowest BCUT2D eigenvalue weighted by Gasteiger charge is -2.35. The summed E-state index contributed by atoms with van der Waals surface area (Å²) < 4.78 is 0. The minimum atomic E-state index is -0.0262. The first kappa shape index (κ1) is 21.9. The zero-order chi connectivity index (χ0) is 21.7. The van der Waals surface area contributed by atoms with Crippen LogP contribution in [-0.4, -0.2) is 37.0 Å². The Hall–Kier alpha value is -2.82. The Morgan fingerprint density at radius 2 is 1.67 bits per heavy atom. The normalized spacial score (nSPS) is 15.7. The van der Waals surface area contributed by atoms with E-state index in [2.05, 4.69) is 29.4 Å². The van der Waals surface area contributed by atoms with Crippen LogP contribution in [0.1, 0.15) is 59.9 Å². The number of hydrogen-bond donors (Lipinski definition) is 2. The molecule has 160 valence electrons. The van der Waals surface area contributed by atoms with Gasteiger partial charge in [-0.15, -0.1) is 0 Å². The summed E-state index contributed by atoms with van der Waals surface area (Å²) in [6, 6.07) is 15.7. The van der Waals surface area contributed by atoms with Crippen LogP contribution in [0.15, 0.2) is 48.5 Å². The second-order valence-corrected chi connectivity index (χ2v) is 8.63. The molecule has 1 aliphatic heterocycles. The summed E-state index contributed by atoms with van der Waals surface area (Å²) >= 11 is 0. The summed E-state index contributed by atoms with van der Waals surface area (Å²) in [6.07, 6.45) is 1.71. The fourth-order valence-electron chi connectivity index (χ4n) is 3.71. The summed E-state index contributed by atoms with van der Waals surface area (Å²) in [5, 5.41) is 6.28. The fourth-order valence-corrected chi connectivity index (χ4v) is 3.71. The van der Waals surface area contributed by atoms with Crippen LogP contribution < -0.4 is 15.5 Å². The zero-order valence-corrected chi connectivity index (χ0v) is 18.4. The van der Waals surface area contributed by atoms with Gasteiger partial charge in [-0.25, -0.2) is 0 Å². The number of hydrogen-bond acceptors (Lipinski definition) is 3. The van der Waals surface area contributed by atoms with E-state index in [1.807, 2.05) is 62.4 Å². The van der Waals surface area contributed by atoms with Crippen molar-refractivity contribution in [3.05, 3.63) is 65.2 Å². The maximum absolute atomic E-state index is 12.8. The van der Waals surface area contributed by atoms with Gasteiger partial charge in [0.15, 0.2) is 0 Å². The molecule has 1 aliphatic rings. The molecule has 5 nitrogen and oxygen atoms in total. The van der Waals surface area contributed by atoms with E-state index >= 15 is 0 Å². The Labute approximate surface area is 179 Å². The second-order valence-electron chi connectivity index (χ2n) is 8.63. The highest BCUT2D eigenvalue weighted by Gasteiger charge is 2.24. The van der Waals surface area contributed by atoms with Crippen molar-refractivity contribution in [2.45, 2.75) is 52.6 Å². The van der Waals surface area contributed by atoms with Crippen molar-refractivity contribution in [3.8, 4) is 0 Å². The Kier molecular flexibility index (Phi) is 7.14. The van der Waals surface area contributed by atoms with Gasteiger partial charge in [0.05, 0.1) is 5.56 Å². The maximum atomic E-state index is 12.8. The smallest absolute Gasteiger partial charge is 0.253 e. The van der Waals surface area contributed by atoms with Gasteiger partial charge in [-0.2, -0.15) is 0 Å². The Morgan fingerprint density at radius 1 is 0.967 bits per heavy atom. The molecule has 1 saturated heterocycles. The number of carbonyl (C=O) groups is 2. The third-order valence-corrected chi connectivity index (χ3v) is 5.96. The predicted molar refractivity (Wildman–Crippen MR) is 122 cm³/mol. The highest BCUT2D eigenvalue weighted by molar-refractivity contribution is 6.00. The molecule has 5 heteroatoms. The van der Waals surface area contributed by atoms with Crippen molar-refractivity contribution < 1.29 is 9.59 Å². The molecule has 2 amide bonds. The van der Waals surface area contributed by atoms with Crippen molar-refractivity contribution >= 4 is 17.5 Å². The third-order valence-electron chi connectivity index (χ3n) is 5.96. The standard InChI is InChI=1S/C25H33N3O2/c1-17(2)19(4)26-25(30)22-10-5-6-11-23(22)28-14-12-21(13-15-28)27-24(29)20-9-7-8-18(3)16-20/h5-11,16-17,19,21H,12-15H2,1-4H3,(H,26,30)(H,27,29). The van der Waals surface area contributed by atoms with Gasteiger partial charge in [0, 0.05) is 36.4 Å². The van der Waals surface area contributed by atoms with Gasteiger partial charge < -0.3 is 15.5 Å². The third kappa shape index (κ3) is 5.41. The van der Waals surface area contributed by atoms with Gasteiger partial charge in [0.2, 0.25) is 0 Å². The molecule has 1 atom stereocenters. The number of amides is 2. The molecule has 30 heavy (non-hydrogen) atoms. The topological polar surface area (TPSA) is 61.4 Å². The molecule has 0 spiro atoms. The minimum Gasteiger partial charge on any atom is -0.371 e. The summed E-state index contributed by atoms with van der Waals surface area (Å²) in [4.78, 5) is 27.6. The molecule has 1 unspecified atom stereocenters. The average molecular weight is 408 g/mol. The molecular formula is C25H33N3O2. The van der Waals surface area contributed by atoms with Gasteiger partial charge in [-0.3, -0.25) is 9.59 Å². The Bertz CT molecular complexity index is 885. The van der Waals surface area contributed by atoms with Crippen LogP contribution in [0.5, 0.6) is 0 Å². The van der Waals surface area contributed by atoms with Crippen LogP contribution in [0.2, 0.25) is 0 Å². The van der Waals surface area contributed by atoms with E-state index in [1.165, 1.54) is 0 Å². The molecule has 0 radical (unpaired) electrons. The van der Waals surface area contributed by atoms with Gasteiger partial charge in [0.25, 0.3) is 11.8 Å². The molecule has 0 aliphatic carbocycles. The lowest BCUT2D eigenvalue weighted by Crippen LogP contribution is -2.45. The van der Waals surface area contributed by atoms with Gasteiger partial charge in [-0.05, 0) is 56.9 Å². The van der Waals surface area contributed by atoms with Crippen LogP contribution >= 0.6 is 0 Å². The first-order chi connectivity index (χ1) is 14.3. The summed E-state index contributed by atoms with van der Waals surface area (Å²) in [6.45, 7) is 9.85. The molecule has 2 N–H and O–H groups in total. The molecule has 1 heterocycles. The van der Waals surface area contributed by atoms with E-state index in [0.717, 1.165) is 37.2 Å². The molecule has 1 fully saturated rings. The monoisotopic (exact) mass is 407 g/mol. The zero-order valence-electron chi connectivity index (χ0n) is 18.4. The highest BCUT2D eigenvalue weighted by atomic mass is 16.2. The number of rotatable bonds is 6. The van der Waals surface area contributed by atoms with Gasteiger partial charge >= 0.3 is 0 Å². The Balaban J connectivity index is 1.61. The van der Waals surface area contributed by atoms with Crippen LogP contribution in [0, 0.1) is 12.8 Å². The van der Waals surface area contributed by atoms with Crippen molar-refractivity contribution in [1.29, 1.82) is 0 Å². The molecule has 0 bridgehead atoms. The number of aryl methyl sites for hydroxylation is 1. The van der Waals surface area contributed by atoms with Gasteiger partial charge in [-0.1, -0.05) is 43.7 Å². The average Bonchev–Trinajstić information content (AvgIpc) is 2.74. The van der Waals surface area contributed by atoms with Crippen LogP contribution in [0.4, 0.5) is 5.69 Å². The summed E-state index contributed by atoms with van der Waals surface area (Å²) in [5.74, 6) is 0.343. The predicted octanol–water partition coefficient (Wildman–Crippen LogP) is 4.17. The minimum absolute atomic E-state index is 0.0143. The van der Waals surface area contributed by atoms with Crippen molar-refractivity contribution in [2.75, 3.05) is 18.0 Å². The molecule has 2 aromatic carbocycles. The number of para-hydroxylation sites is 1. The van der Waals surface area contributed by atoms with E-state index in [9.17, 15) is 9.59 Å². The van der Waals surface area contributed by atoms with Crippen LogP contribution in [-0.2, 0) is 0 Å². The fraction of sp³-hybridized carbons (Fsp3) is 0.440. The van der Waals surface area contributed by atoms with Crippen molar-refractivity contribution in [3.63, 3.8) is 0 Å².